The molecule has 138 valence electrons. The first-order valence-corrected chi connectivity index (χ1v) is 9.34. The number of carbonyl (C=O) groups is 3. The summed E-state index contributed by atoms with van der Waals surface area (Å²) in [5, 5.41) is 6.02. The molecule has 0 aromatic carbocycles. The molecule has 2 aromatic heterocycles. The van der Waals surface area contributed by atoms with E-state index in [9.17, 15) is 14.4 Å². The van der Waals surface area contributed by atoms with E-state index in [4.69, 9.17) is 9.15 Å². The second-order valence-electron chi connectivity index (χ2n) is 6.07. The summed E-state index contributed by atoms with van der Waals surface area (Å²) < 4.78 is 10.1. The summed E-state index contributed by atoms with van der Waals surface area (Å²) in [6.07, 6.45) is 6.80. The second kappa shape index (κ2) is 8.66. The topological polar surface area (TPSA) is 97.6 Å². The molecular formula is C18H20N2O5S. The minimum atomic E-state index is -0.590. The Morgan fingerprint density at radius 1 is 1.15 bits per heavy atom. The lowest BCUT2D eigenvalue weighted by Gasteiger charge is -2.22. The predicted octanol–water partition coefficient (Wildman–Crippen LogP) is 3.20. The van der Waals surface area contributed by atoms with Crippen molar-refractivity contribution in [2.75, 3.05) is 11.9 Å². The van der Waals surface area contributed by atoms with E-state index in [0.29, 0.717) is 9.88 Å². The molecule has 0 spiro atoms. The number of hydrogen-bond donors (Lipinski definition) is 2. The quantitative estimate of drug-likeness (QED) is 0.755. The maximum absolute atomic E-state index is 12.0. The standard InChI is InChI=1S/C18H20N2O5S/c21-15(19-12-5-2-1-3-6-12)11-25-18(23)14-8-9-16(26-14)20-17(22)13-7-4-10-24-13/h4,7-10,12H,1-3,5-6,11H2,(H,19,21)(H,20,22). The van der Waals surface area contributed by atoms with E-state index in [1.807, 2.05) is 0 Å². The molecule has 1 saturated carbocycles. The number of amides is 2. The first kappa shape index (κ1) is 18.2. The van der Waals surface area contributed by atoms with Gasteiger partial charge in [-0.05, 0) is 37.1 Å². The molecular weight excluding hydrogens is 356 g/mol. The molecule has 8 heteroatoms. The second-order valence-corrected chi connectivity index (χ2v) is 7.16. The molecule has 1 aliphatic rings. The van der Waals surface area contributed by atoms with Gasteiger partial charge in [-0.25, -0.2) is 4.79 Å². The minimum Gasteiger partial charge on any atom is -0.459 e. The van der Waals surface area contributed by atoms with Crippen molar-refractivity contribution in [3.05, 3.63) is 41.2 Å². The van der Waals surface area contributed by atoms with Crippen LogP contribution in [0, 0.1) is 0 Å². The summed E-state index contributed by atoms with van der Waals surface area (Å²) in [4.78, 5) is 36.1. The molecule has 26 heavy (non-hydrogen) atoms. The number of thiophene rings is 1. The van der Waals surface area contributed by atoms with Gasteiger partial charge in [0.15, 0.2) is 12.4 Å². The Morgan fingerprint density at radius 2 is 1.96 bits per heavy atom. The summed E-state index contributed by atoms with van der Waals surface area (Å²) in [6, 6.07) is 6.49. The Balaban J connectivity index is 1.45. The van der Waals surface area contributed by atoms with Crippen molar-refractivity contribution in [3.8, 4) is 0 Å². The van der Waals surface area contributed by atoms with Gasteiger partial charge in [0.05, 0.1) is 11.3 Å². The number of carbonyl (C=O) groups excluding carboxylic acids is 3. The molecule has 1 fully saturated rings. The third-order valence-electron chi connectivity index (χ3n) is 4.09. The SMILES string of the molecule is O=C(COC(=O)c1ccc(NC(=O)c2ccco2)s1)NC1CCCCC1. The molecule has 2 amide bonds. The van der Waals surface area contributed by atoms with E-state index in [2.05, 4.69) is 10.6 Å². The van der Waals surface area contributed by atoms with Gasteiger partial charge in [-0.3, -0.25) is 9.59 Å². The Bertz CT molecular complexity index is 762. The van der Waals surface area contributed by atoms with Gasteiger partial charge in [-0.1, -0.05) is 19.3 Å². The summed E-state index contributed by atoms with van der Waals surface area (Å²) >= 11 is 1.07. The van der Waals surface area contributed by atoms with Gasteiger partial charge < -0.3 is 19.8 Å². The lowest BCUT2D eigenvalue weighted by molar-refractivity contribution is -0.125. The van der Waals surface area contributed by atoms with Crippen LogP contribution in [0.4, 0.5) is 5.00 Å². The molecule has 0 saturated heterocycles. The van der Waals surface area contributed by atoms with E-state index in [1.165, 1.54) is 12.7 Å². The molecule has 7 nitrogen and oxygen atoms in total. The van der Waals surface area contributed by atoms with Gasteiger partial charge in [-0.15, -0.1) is 11.3 Å². The van der Waals surface area contributed by atoms with Crippen LogP contribution in [0.25, 0.3) is 0 Å². The van der Waals surface area contributed by atoms with E-state index < -0.39 is 11.9 Å². The zero-order valence-electron chi connectivity index (χ0n) is 14.2. The lowest BCUT2D eigenvalue weighted by atomic mass is 9.95. The van der Waals surface area contributed by atoms with Gasteiger partial charge in [0.2, 0.25) is 0 Å². The number of rotatable bonds is 6. The Labute approximate surface area is 154 Å². The molecule has 2 aromatic rings. The van der Waals surface area contributed by atoms with Crippen LogP contribution in [0.5, 0.6) is 0 Å². The molecule has 0 radical (unpaired) electrons. The van der Waals surface area contributed by atoms with Crippen molar-refractivity contribution in [1.82, 2.24) is 5.32 Å². The average molecular weight is 376 g/mol. The number of nitrogens with one attached hydrogen (secondary N) is 2. The van der Waals surface area contributed by atoms with Gasteiger partial charge in [0, 0.05) is 6.04 Å². The van der Waals surface area contributed by atoms with Gasteiger partial charge >= 0.3 is 5.97 Å². The lowest BCUT2D eigenvalue weighted by Crippen LogP contribution is -2.38. The highest BCUT2D eigenvalue weighted by Gasteiger charge is 2.18. The van der Waals surface area contributed by atoms with Crippen LogP contribution in [0.1, 0.15) is 52.3 Å². The van der Waals surface area contributed by atoms with Crippen LogP contribution in [0.2, 0.25) is 0 Å². The molecule has 0 bridgehead atoms. The predicted molar refractivity (Wildman–Crippen MR) is 96.3 cm³/mol. The fourth-order valence-electron chi connectivity index (χ4n) is 2.81. The fraction of sp³-hybridized carbons (Fsp3) is 0.389. The van der Waals surface area contributed by atoms with Crippen LogP contribution in [-0.4, -0.2) is 30.4 Å². The molecule has 2 heterocycles. The van der Waals surface area contributed by atoms with Crippen LogP contribution in [0.15, 0.2) is 34.9 Å². The molecule has 1 aliphatic carbocycles. The third kappa shape index (κ3) is 4.95. The first-order chi connectivity index (χ1) is 12.6. The molecule has 0 atom stereocenters. The highest BCUT2D eigenvalue weighted by Crippen LogP contribution is 2.23. The summed E-state index contributed by atoms with van der Waals surface area (Å²) in [5.41, 5.74) is 0. The van der Waals surface area contributed by atoms with Crippen LogP contribution >= 0.6 is 11.3 Å². The number of anilines is 1. The van der Waals surface area contributed by atoms with Crippen molar-refractivity contribution in [2.24, 2.45) is 0 Å². The van der Waals surface area contributed by atoms with Gasteiger partial charge in [-0.2, -0.15) is 0 Å². The van der Waals surface area contributed by atoms with E-state index in [1.54, 1.807) is 24.3 Å². The highest BCUT2D eigenvalue weighted by atomic mass is 32.1. The number of esters is 1. The van der Waals surface area contributed by atoms with Crippen molar-refractivity contribution in [3.63, 3.8) is 0 Å². The van der Waals surface area contributed by atoms with E-state index in [-0.39, 0.29) is 24.3 Å². The largest absolute Gasteiger partial charge is 0.459 e. The van der Waals surface area contributed by atoms with Crippen molar-refractivity contribution in [1.29, 1.82) is 0 Å². The molecule has 0 unspecified atom stereocenters. The monoisotopic (exact) mass is 376 g/mol. The maximum Gasteiger partial charge on any atom is 0.348 e. The molecule has 3 rings (SSSR count). The smallest absolute Gasteiger partial charge is 0.348 e. The van der Waals surface area contributed by atoms with Gasteiger partial charge in [0.1, 0.15) is 4.88 Å². The summed E-state index contributed by atoms with van der Waals surface area (Å²) in [6.45, 7) is -0.304. The first-order valence-electron chi connectivity index (χ1n) is 8.53. The Kier molecular flexibility index (Phi) is 6.06. The summed E-state index contributed by atoms with van der Waals surface area (Å²) in [5.74, 6) is -1.09. The Morgan fingerprint density at radius 3 is 2.69 bits per heavy atom. The van der Waals surface area contributed by atoms with Crippen molar-refractivity contribution < 1.29 is 23.5 Å². The highest BCUT2D eigenvalue weighted by molar-refractivity contribution is 7.18. The number of hydrogen-bond acceptors (Lipinski definition) is 6. The number of furan rings is 1. The van der Waals surface area contributed by atoms with Gasteiger partial charge in [0.25, 0.3) is 11.8 Å². The van der Waals surface area contributed by atoms with E-state index in [0.717, 1.165) is 37.0 Å². The average Bonchev–Trinajstić information content (AvgIpc) is 3.32. The number of ether oxygens (including phenoxy) is 1. The Hall–Kier alpha value is -2.61. The van der Waals surface area contributed by atoms with Crippen molar-refractivity contribution in [2.45, 2.75) is 38.1 Å². The summed E-state index contributed by atoms with van der Waals surface area (Å²) in [7, 11) is 0. The van der Waals surface area contributed by atoms with Crippen LogP contribution < -0.4 is 10.6 Å². The minimum absolute atomic E-state index is 0.181. The third-order valence-corrected chi connectivity index (χ3v) is 5.07. The van der Waals surface area contributed by atoms with E-state index >= 15 is 0 Å². The zero-order valence-corrected chi connectivity index (χ0v) is 15.0. The molecule has 0 aliphatic heterocycles. The zero-order chi connectivity index (χ0) is 18.4. The normalized spacial score (nSPS) is 14.6. The van der Waals surface area contributed by atoms with Crippen LogP contribution in [-0.2, 0) is 9.53 Å². The van der Waals surface area contributed by atoms with Crippen LogP contribution in [0.3, 0.4) is 0 Å². The molecule has 2 N–H and O–H groups in total. The fourth-order valence-corrected chi connectivity index (χ4v) is 3.61. The van der Waals surface area contributed by atoms with Crippen molar-refractivity contribution >= 4 is 34.1 Å². The maximum atomic E-state index is 12.0.